The number of carbonyl (C=O) groups excluding carboxylic acids is 2. The van der Waals surface area contributed by atoms with E-state index in [1.165, 1.54) is 57.7 Å². The van der Waals surface area contributed by atoms with Crippen molar-refractivity contribution in [3.05, 3.63) is 77.4 Å². The molecule has 1 aliphatic rings. The molecule has 5 rings (SSSR count). The van der Waals surface area contributed by atoms with Gasteiger partial charge in [-0.3, -0.25) is 19.7 Å². The summed E-state index contributed by atoms with van der Waals surface area (Å²) in [5.74, 6) is -0.922. The monoisotopic (exact) mass is 683 g/mol. The van der Waals surface area contributed by atoms with Crippen LogP contribution in [0.4, 0.5) is 10.5 Å². The highest BCUT2D eigenvalue weighted by molar-refractivity contribution is 7.56. The molecule has 14 nitrogen and oxygen atoms in total. The van der Waals surface area contributed by atoms with E-state index in [0.29, 0.717) is 33.8 Å². The summed E-state index contributed by atoms with van der Waals surface area (Å²) in [6.07, 6.45) is 3.39. The van der Waals surface area contributed by atoms with Crippen LogP contribution >= 0.6 is 19.3 Å². The number of rotatable bonds is 13. The number of aliphatic carboxylic acids is 1. The maximum Gasteiger partial charge on any atom is 0.420 e. The molecule has 3 aromatic carbocycles. The lowest BCUT2D eigenvalue weighted by Crippen LogP contribution is -2.39. The molecule has 1 fully saturated rings. The number of benzene rings is 3. The number of hydrogen-bond donors (Lipinski definition) is 5. The zero-order valence-electron chi connectivity index (χ0n) is 25.4. The van der Waals surface area contributed by atoms with Crippen molar-refractivity contribution >= 4 is 53.8 Å². The highest BCUT2D eigenvalue weighted by Gasteiger charge is 2.33. The maximum atomic E-state index is 13.9. The summed E-state index contributed by atoms with van der Waals surface area (Å²) in [6.45, 7) is 1.25. The fraction of sp³-hybridized carbons (Fsp3) is 0.226. The van der Waals surface area contributed by atoms with E-state index >= 15 is 0 Å². The zero-order chi connectivity index (χ0) is 33.7. The summed E-state index contributed by atoms with van der Waals surface area (Å²) in [6, 6.07) is 13.7. The number of halogens is 1. The van der Waals surface area contributed by atoms with Gasteiger partial charge in [0.15, 0.2) is 0 Å². The molecule has 1 aromatic heterocycles. The Kier molecular flexibility index (Phi) is 10.0. The van der Waals surface area contributed by atoms with Gasteiger partial charge in [-0.25, -0.2) is 14.4 Å². The van der Waals surface area contributed by atoms with E-state index in [0.717, 1.165) is 12.8 Å². The van der Waals surface area contributed by atoms with Crippen molar-refractivity contribution in [1.29, 1.82) is 0 Å². The predicted octanol–water partition coefficient (Wildman–Crippen LogP) is 5.96. The minimum Gasteiger partial charge on any atom is -0.497 e. The van der Waals surface area contributed by atoms with E-state index in [2.05, 4.69) is 25.8 Å². The van der Waals surface area contributed by atoms with Crippen LogP contribution in [0.3, 0.4) is 0 Å². The number of hydrogen-bond acceptors (Lipinski definition) is 9. The second kappa shape index (κ2) is 14.2. The molecule has 0 saturated heterocycles. The molecule has 246 valence electrons. The summed E-state index contributed by atoms with van der Waals surface area (Å²) in [4.78, 5) is 41.7. The fourth-order valence-corrected chi connectivity index (χ4v) is 6.12. The average molecular weight is 684 g/mol. The highest BCUT2D eigenvalue weighted by Crippen LogP contribution is 2.42. The van der Waals surface area contributed by atoms with Crippen molar-refractivity contribution in [2.24, 2.45) is 0 Å². The van der Waals surface area contributed by atoms with Gasteiger partial charge >= 0.3 is 19.7 Å². The Labute approximate surface area is 274 Å². The number of fused-ring (bicyclic) bond motifs is 1. The Morgan fingerprint density at radius 3 is 2.30 bits per heavy atom. The zero-order valence-corrected chi connectivity index (χ0v) is 27.1. The summed E-state index contributed by atoms with van der Waals surface area (Å²) < 4.78 is 36.2. The lowest BCUT2D eigenvalue weighted by atomic mass is 10.1. The number of ether oxygens (including phenoxy) is 3. The minimum atomic E-state index is -4.40. The molecule has 1 heterocycles. The molecule has 4 aromatic rings. The van der Waals surface area contributed by atoms with Crippen molar-refractivity contribution in [2.75, 3.05) is 19.5 Å². The van der Waals surface area contributed by atoms with Crippen LogP contribution in [-0.4, -0.2) is 54.3 Å². The van der Waals surface area contributed by atoms with E-state index in [1.54, 1.807) is 30.3 Å². The summed E-state index contributed by atoms with van der Waals surface area (Å²) in [5.41, 5.74) is 0.736. The molecule has 1 unspecified atom stereocenters. The van der Waals surface area contributed by atoms with Gasteiger partial charge < -0.3 is 34.5 Å². The van der Waals surface area contributed by atoms with Crippen LogP contribution in [0.5, 0.6) is 28.7 Å². The number of pyridine rings is 1. The van der Waals surface area contributed by atoms with Crippen LogP contribution in [0, 0.1) is 0 Å². The summed E-state index contributed by atoms with van der Waals surface area (Å²) in [5, 5.41) is 20.3. The predicted molar refractivity (Wildman–Crippen MR) is 174 cm³/mol. The standard InChI is InChI=1S/C31H31ClN5O9P/c1-17(30(39)40)36-47(42,46-20-8-6-19(43-2)7-9-20)37-29(38)23-15-22-26(16-28(23)44-3)33-13-12-27(22)45-21-10-11-25(24(32)14-21)35-31(41)34-18-4-5-18/h6-18H,4-5H2,1-3H3,(H,39,40)(H2,34,35,41)(H2,36,37,38,42)/t17-,47?/m1/s1. The SMILES string of the molecule is COc1ccc(OP(=O)(NC(=O)c2cc3c(Oc4ccc(NC(=O)NC5CC5)c(Cl)c4)ccnc3cc2OC)N[C@H](C)C(=O)O)cc1. The molecule has 0 spiro atoms. The van der Waals surface area contributed by atoms with Gasteiger partial charge in [0, 0.05) is 29.8 Å². The lowest BCUT2D eigenvalue weighted by molar-refractivity contribution is -0.138. The quantitative estimate of drug-likeness (QED) is 0.105. The normalized spacial score (nSPS) is 14.3. The molecular formula is C31H31ClN5O9P. The third kappa shape index (κ3) is 8.41. The number of carboxylic acids is 1. The van der Waals surface area contributed by atoms with Crippen LogP contribution in [-0.2, 0) is 9.36 Å². The number of carboxylic acid groups (broad SMARTS) is 1. The van der Waals surface area contributed by atoms with Crippen LogP contribution in [0.2, 0.25) is 5.02 Å². The van der Waals surface area contributed by atoms with Crippen LogP contribution in [0.1, 0.15) is 30.1 Å². The van der Waals surface area contributed by atoms with E-state index in [9.17, 15) is 24.1 Å². The largest absolute Gasteiger partial charge is 0.497 e. The number of anilines is 1. The van der Waals surface area contributed by atoms with E-state index in [1.807, 2.05) is 0 Å². The topological polar surface area (TPSA) is 186 Å². The molecule has 3 amide bonds. The first-order valence-electron chi connectivity index (χ1n) is 14.3. The van der Waals surface area contributed by atoms with Crippen LogP contribution < -0.4 is 39.5 Å². The first kappa shape index (κ1) is 33.3. The third-order valence-corrected chi connectivity index (χ3v) is 8.88. The van der Waals surface area contributed by atoms with Gasteiger partial charge in [-0.1, -0.05) is 11.6 Å². The van der Waals surface area contributed by atoms with Gasteiger partial charge in [-0.05, 0) is 68.3 Å². The fourth-order valence-electron chi connectivity index (χ4n) is 4.31. The Morgan fingerprint density at radius 2 is 1.66 bits per heavy atom. The number of nitrogens with one attached hydrogen (secondary N) is 4. The lowest BCUT2D eigenvalue weighted by Gasteiger charge is -2.23. The second-order valence-electron chi connectivity index (χ2n) is 10.4. The molecule has 47 heavy (non-hydrogen) atoms. The summed E-state index contributed by atoms with van der Waals surface area (Å²) in [7, 11) is -1.58. The van der Waals surface area contributed by atoms with Gasteiger partial charge in [0.1, 0.15) is 34.8 Å². The first-order valence-corrected chi connectivity index (χ1v) is 16.3. The molecule has 1 aliphatic carbocycles. The second-order valence-corrected chi connectivity index (χ2v) is 12.6. The van der Waals surface area contributed by atoms with E-state index < -0.39 is 25.6 Å². The van der Waals surface area contributed by atoms with Crippen molar-refractivity contribution in [3.8, 4) is 28.7 Å². The average Bonchev–Trinajstić information content (AvgIpc) is 3.85. The molecule has 16 heteroatoms. The Balaban J connectivity index is 1.42. The van der Waals surface area contributed by atoms with Crippen molar-refractivity contribution < 1.29 is 42.8 Å². The molecular weight excluding hydrogens is 653 g/mol. The van der Waals surface area contributed by atoms with Gasteiger partial charge in [-0.15, -0.1) is 0 Å². The number of urea groups is 1. The van der Waals surface area contributed by atoms with Gasteiger partial charge in [-0.2, -0.15) is 0 Å². The molecule has 0 aliphatic heterocycles. The summed E-state index contributed by atoms with van der Waals surface area (Å²) >= 11 is 6.41. The smallest absolute Gasteiger partial charge is 0.420 e. The van der Waals surface area contributed by atoms with Gasteiger partial charge in [0.2, 0.25) is 0 Å². The number of carbonyl (C=O) groups is 3. The highest BCUT2D eigenvalue weighted by atomic mass is 35.5. The minimum absolute atomic E-state index is 0.0690. The van der Waals surface area contributed by atoms with Crippen molar-refractivity contribution in [2.45, 2.75) is 31.8 Å². The van der Waals surface area contributed by atoms with Gasteiger partial charge in [0.25, 0.3) is 5.91 Å². The molecule has 0 radical (unpaired) electrons. The Bertz CT molecular complexity index is 1870. The number of methoxy groups -OCH3 is 2. The molecule has 2 atom stereocenters. The van der Waals surface area contributed by atoms with Crippen molar-refractivity contribution in [1.82, 2.24) is 20.5 Å². The molecule has 0 bridgehead atoms. The maximum absolute atomic E-state index is 13.9. The van der Waals surface area contributed by atoms with Gasteiger partial charge in [0.05, 0.1) is 36.0 Å². The number of aromatic nitrogens is 1. The Morgan fingerprint density at radius 1 is 0.957 bits per heavy atom. The van der Waals surface area contributed by atoms with E-state index in [-0.39, 0.29) is 34.2 Å². The number of amides is 3. The van der Waals surface area contributed by atoms with Crippen LogP contribution in [0.25, 0.3) is 10.9 Å². The molecule has 1 saturated carbocycles. The molecule has 5 N–H and O–H groups in total. The first-order chi connectivity index (χ1) is 22.5. The third-order valence-electron chi connectivity index (χ3n) is 6.87. The Hall–Kier alpha value is -5.04. The van der Waals surface area contributed by atoms with E-state index in [4.69, 9.17) is 30.3 Å². The number of nitrogens with zero attached hydrogens (tertiary/aromatic N) is 1. The van der Waals surface area contributed by atoms with Crippen LogP contribution in [0.15, 0.2) is 66.9 Å². The van der Waals surface area contributed by atoms with Crippen molar-refractivity contribution in [3.63, 3.8) is 0 Å².